The highest BCUT2D eigenvalue weighted by Crippen LogP contribution is 2.17. The van der Waals surface area contributed by atoms with Crippen molar-refractivity contribution < 1.29 is 19.1 Å². The van der Waals surface area contributed by atoms with E-state index in [1.165, 1.54) is 20.6 Å². The molecule has 1 rings (SSSR count). The number of aryl methyl sites for hydroxylation is 1. The van der Waals surface area contributed by atoms with Crippen molar-refractivity contribution in [2.45, 2.75) is 39.0 Å². The predicted molar refractivity (Wildman–Crippen MR) is 77.0 cm³/mol. The highest BCUT2D eigenvalue weighted by atomic mass is 16.5. The second kappa shape index (κ2) is 8.35. The molecule has 0 saturated heterocycles. The molecule has 4 heteroatoms. The molecule has 0 aliphatic heterocycles. The summed E-state index contributed by atoms with van der Waals surface area (Å²) in [5, 5.41) is 0. The van der Waals surface area contributed by atoms with E-state index in [0.717, 1.165) is 31.2 Å². The van der Waals surface area contributed by atoms with Crippen LogP contribution in [0, 0.1) is 0 Å². The van der Waals surface area contributed by atoms with Crippen molar-refractivity contribution in [2.75, 3.05) is 14.2 Å². The van der Waals surface area contributed by atoms with Crippen molar-refractivity contribution in [3.8, 4) is 0 Å². The summed E-state index contributed by atoms with van der Waals surface area (Å²) in [6, 6.07) is 4.95. The standard InChI is InChI=1S/C16H22O4/c1-4-5-6-7-8-12-11-13(15(17)19-2)9-10-14(12)16(18)20-3/h9-11H,4-8H2,1-3H3. The number of carbonyl (C=O) groups is 2. The molecular weight excluding hydrogens is 256 g/mol. The Balaban J connectivity index is 2.94. The lowest BCUT2D eigenvalue weighted by molar-refractivity contribution is 0.0585. The molecule has 0 unspecified atom stereocenters. The lowest BCUT2D eigenvalue weighted by Crippen LogP contribution is -2.09. The fourth-order valence-electron chi connectivity index (χ4n) is 2.10. The molecule has 0 amide bonds. The first-order valence-electron chi connectivity index (χ1n) is 6.93. The monoisotopic (exact) mass is 278 g/mol. The van der Waals surface area contributed by atoms with Crippen LogP contribution in [0.25, 0.3) is 0 Å². The van der Waals surface area contributed by atoms with E-state index in [0.29, 0.717) is 11.1 Å². The maximum absolute atomic E-state index is 11.7. The summed E-state index contributed by atoms with van der Waals surface area (Å²) in [6.45, 7) is 2.15. The van der Waals surface area contributed by atoms with Crippen LogP contribution < -0.4 is 0 Å². The molecule has 20 heavy (non-hydrogen) atoms. The molecule has 0 fully saturated rings. The molecule has 0 atom stereocenters. The van der Waals surface area contributed by atoms with E-state index in [2.05, 4.69) is 6.92 Å². The number of hydrogen-bond acceptors (Lipinski definition) is 4. The third kappa shape index (κ3) is 4.37. The molecule has 1 aromatic rings. The molecule has 110 valence electrons. The maximum Gasteiger partial charge on any atom is 0.338 e. The zero-order chi connectivity index (χ0) is 15.0. The molecular formula is C16H22O4. The summed E-state index contributed by atoms with van der Waals surface area (Å²) in [6.07, 6.45) is 5.19. The lowest BCUT2D eigenvalue weighted by atomic mass is 9.98. The summed E-state index contributed by atoms with van der Waals surface area (Å²) in [5.41, 5.74) is 1.83. The Hall–Kier alpha value is -1.84. The normalized spacial score (nSPS) is 10.2. The van der Waals surface area contributed by atoms with Gasteiger partial charge in [-0.3, -0.25) is 0 Å². The first-order valence-corrected chi connectivity index (χ1v) is 6.93. The van der Waals surface area contributed by atoms with Gasteiger partial charge in [0.05, 0.1) is 25.3 Å². The maximum atomic E-state index is 11.7. The molecule has 0 bridgehead atoms. The first kappa shape index (κ1) is 16.2. The fourth-order valence-corrected chi connectivity index (χ4v) is 2.10. The summed E-state index contributed by atoms with van der Waals surface area (Å²) in [5.74, 6) is -0.761. The highest BCUT2D eigenvalue weighted by Gasteiger charge is 2.15. The van der Waals surface area contributed by atoms with E-state index in [1.807, 2.05) is 0 Å². The number of unbranched alkanes of at least 4 members (excludes halogenated alkanes) is 3. The summed E-state index contributed by atoms with van der Waals surface area (Å²) < 4.78 is 9.48. The van der Waals surface area contributed by atoms with Crippen molar-refractivity contribution in [3.05, 3.63) is 34.9 Å². The molecule has 0 saturated carbocycles. The summed E-state index contributed by atoms with van der Waals surface area (Å²) in [4.78, 5) is 23.3. The minimum Gasteiger partial charge on any atom is -0.465 e. The van der Waals surface area contributed by atoms with Crippen LogP contribution in [0.1, 0.15) is 58.9 Å². The number of ether oxygens (including phenoxy) is 2. The van der Waals surface area contributed by atoms with Crippen LogP contribution >= 0.6 is 0 Å². The number of carbonyl (C=O) groups excluding carboxylic acids is 2. The topological polar surface area (TPSA) is 52.6 Å². The Kier molecular flexibility index (Phi) is 6.77. The Bertz CT molecular complexity index is 466. The zero-order valence-corrected chi connectivity index (χ0v) is 12.4. The van der Waals surface area contributed by atoms with Gasteiger partial charge in [0.2, 0.25) is 0 Å². The van der Waals surface area contributed by atoms with Gasteiger partial charge in [0.15, 0.2) is 0 Å². The van der Waals surface area contributed by atoms with E-state index >= 15 is 0 Å². The molecule has 0 aliphatic rings. The average Bonchev–Trinajstić information content (AvgIpc) is 2.49. The van der Waals surface area contributed by atoms with Gasteiger partial charge in [0, 0.05) is 0 Å². The van der Waals surface area contributed by atoms with Gasteiger partial charge in [-0.2, -0.15) is 0 Å². The Morgan fingerprint density at radius 1 is 1.00 bits per heavy atom. The van der Waals surface area contributed by atoms with Crippen LogP contribution in [0.15, 0.2) is 18.2 Å². The van der Waals surface area contributed by atoms with Gasteiger partial charge >= 0.3 is 11.9 Å². The quantitative estimate of drug-likeness (QED) is 0.566. The minimum atomic E-state index is -0.392. The Morgan fingerprint density at radius 3 is 2.30 bits per heavy atom. The van der Waals surface area contributed by atoms with E-state index < -0.39 is 5.97 Å². The first-order chi connectivity index (χ1) is 9.63. The SMILES string of the molecule is CCCCCCc1cc(C(=O)OC)ccc1C(=O)OC. The van der Waals surface area contributed by atoms with E-state index in [4.69, 9.17) is 9.47 Å². The van der Waals surface area contributed by atoms with E-state index in [1.54, 1.807) is 18.2 Å². The summed E-state index contributed by atoms with van der Waals surface area (Å²) in [7, 11) is 2.70. The second-order valence-electron chi connectivity index (χ2n) is 4.67. The third-order valence-corrected chi connectivity index (χ3v) is 3.23. The van der Waals surface area contributed by atoms with Crippen molar-refractivity contribution in [1.29, 1.82) is 0 Å². The van der Waals surface area contributed by atoms with Crippen LogP contribution in [0.3, 0.4) is 0 Å². The smallest absolute Gasteiger partial charge is 0.338 e. The molecule has 0 radical (unpaired) electrons. The van der Waals surface area contributed by atoms with E-state index in [-0.39, 0.29) is 5.97 Å². The van der Waals surface area contributed by atoms with Crippen LogP contribution in [0.4, 0.5) is 0 Å². The van der Waals surface area contributed by atoms with Gasteiger partial charge in [0.25, 0.3) is 0 Å². The molecule has 0 N–H and O–H groups in total. The fraction of sp³-hybridized carbons (Fsp3) is 0.500. The molecule has 0 heterocycles. The average molecular weight is 278 g/mol. The molecule has 0 aromatic heterocycles. The molecule has 0 spiro atoms. The Labute approximate surface area is 120 Å². The predicted octanol–water partition coefficient (Wildman–Crippen LogP) is 3.38. The molecule has 1 aromatic carbocycles. The number of hydrogen-bond donors (Lipinski definition) is 0. The van der Waals surface area contributed by atoms with Gasteiger partial charge in [-0.1, -0.05) is 26.2 Å². The lowest BCUT2D eigenvalue weighted by Gasteiger charge is -2.09. The number of rotatable bonds is 7. The number of benzene rings is 1. The van der Waals surface area contributed by atoms with Gasteiger partial charge in [-0.25, -0.2) is 9.59 Å². The second-order valence-corrected chi connectivity index (χ2v) is 4.67. The van der Waals surface area contributed by atoms with Gasteiger partial charge < -0.3 is 9.47 Å². The van der Waals surface area contributed by atoms with Crippen LogP contribution in [-0.2, 0) is 15.9 Å². The molecule has 4 nitrogen and oxygen atoms in total. The van der Waals surface area contributed by atoms with Gasteiger partial charge in [0.1, 0.15) is 0 Å². The number of methoxy groups -OCH3 is 2. The van der Waals surface area contributed by atoms with Gasteiger partial charge in [-0.15, -0.1) is 0 Å². The largest absolute Gasteiger partial charge is 0.465 e. The third-order valence-electron chi connectivity index (χ3n) is 3.23. The minimum absolute atomic E-state index is 0.369. The van der Waals surface area contributed by atoms with Crippen molar-refractivity contribution in [2.24, 2.45) is 0 Å². The van der Waals surface area contributed by atoms with Crippen molar-refractivity contribution in [3.63, 3.8) is 0 Å². The van der Waals surface area contributed by atoms with Crippen molar-refractivity contribution in [1.82, 2.24) is 0 Å². The number of esters is 2. The van der Waals surface area contributed by atoms with Crippen LogP contribution in [0.2, 0.25) is 0 Å². The summed E-state index contributed by atoms with van der Waals surface area (Å²) >= 11 is 0. The Morgan fingerprint density at radius 2 is 1.70 bits per heavy atom. The van der Waals surface area contributed by atoms with Crippen LogP contribution in [0.5, 0.6) is 0 Å². The molecule has 0 aliphatic carbocycles. The van der Waals surface area contributed by atoms with Crippen LogP contribution in [-0.4, -0.2) is 26.2 Å². The van der Waals surface area contributed by atoms with Gasteiger partial charge in [-0.05, 0) is 36.6 Å². The van der Waals surface area contributed by atoms with Crippen molar-refractivity contribution >= 4 is 11.9 Å². The highest BCUT2D eigenvalue weighted by molar-refractivity contribution is 5.94. The van der Waals surface area contributed by atoms with E-state index in [9.17, 15) is 9.59 Å². The zero-order valence-electron chi connectivity index (χ0n) is 12.4.